The molecule has 230 valence electrons. The van der Waals surface area contributed by atoms with E-state index in [9.17, 15) is 29.6 Å². The van der Waals surface area contributed by atoms with E-state index in [1.54, 1.807) is 24.3 Å². The largest absolute Gasteiger partial charge is 0.508 e. The Morgan fingerprint density at radius 1 is 0.955 bits per heavy atom. The van der Waals surface area contributed by atoms with Crippen LogP contribution in [0.5, 0.6) is 5.75 Å². The van der Waals surface area contributed by atoms with Crippen molar-refractivity contribution in [3.8, 4) is 5.75 Å². The van der Waals surface area contributed by atoms with E-state index in [0.717, 1.165) is 43.2 Å². The van der Waals surface area contributed by atoms with E-state index in [0.29, 0.717) is 18.4 Å². The van der Waals surface area contributed by atoms with Gasteiger partial charge in [-0.1, -0.05) is 74.6 Å². The van der Waals surface area contributed by atoms with Crippen molar-refractivity contribution >= 4 is 23.4 Å². The predicted molar refractivity (Wildman–Crippen MR) is 165 cm³/mol. The number of amides is 3. The number of phenols is 1. The molecule has 0 bridgehead atoms. The first-order chi connectivity index (χ1) is 21.3. The molecule has 1 unspecified atom stereocenters. The van der Waals surface area contributed by atoms with Gasteiger partial charge in [0.15, 0.2) is 0 Å². The highest BCUT2D eigenvalue weighted by Crippen LogP contribution is 2.35. The average molecular weight is 599 g/mol. The number of carbonyl (C=O) groups excluding carboxylic acids is 3. The zero-order chi connectivity index (χ0) is 31.1. The molecule has 0 aromatic heterocycles. The highest BCUT2D eigenvalue weighted by molar-refractivity contribution is 6.00. The maximum atomic E-state index is 14.3. The number of phenolic OH excluding ortho intramolecular Hbond substituents is 1. The molecule has 3 amide bonds. The van der Waals surface area contributed by atoms with Crippen LogP contribution in [0.3, 0.4) is 0 Å². The smallest absolute Gasteiger partial charge is 0.269 e. The van der Waals surface area contributed by atoms with Gasteiger partial charge in [0.05, 0.1) is 4.92 Å². The van der Waals surface area contributed by atoms with E-state index in [-0.39, 0.29) is 42.1 Å². The van der Waals surface area contributed by atoms with Gasteiger partial charge in [-0.25, -0.2) is 0 Å². The fraction of sp³-hybridized carbons (Fsp3) is 0.382. The van der Waals surface area contributed by atoms with Crippen LogP contribution in [0.2, 0.25) is 0 Å². The van der Waals surface area contributed by atoms with Crippen molar-refractivity contribution in [1.29, 1.82) is 0 Å². The lowest BCUT2D eigenvalue weighted by Crippen LogP contribution is -2.66. The van der Waals surface area contributed by atoms with Gasteiger partial charge in [0.2, 0.25) is 17.7 Å². The molecule has 3 N–H and O–H groups in total. The van der Waals surface area contributed by atoms with Crippen molar-refractivity contribution in [1.82, 2.24) is 15.5 Å². The first-order valence-electron chi connectivity index (χ1n) is 15.3. The normalized spacial score (nSPS) is 19.7. The van der Waals surface area contributed by atoms with Gasteiger partial charge in [-0.3, -0.25) is 24.5 Å². The predicted octanol–water partition coefficient (Wildman–Crippen LogP) is 4.61. The van der Waals surface area contributed by atoms with Gasteiger partial charge in [0.25, 0.3) is 5.69 Å². The van der Waals surface area contributed by atoms with Crippen molar-refractivity contribution < 1.29 is 24.4 Å². The number of nitrogens with one attached hydrogen (secondary N) is 2. The fourth-order valence-electron chi connectivity index (χ4n) is 6.35. The van der Waals surface area contributed by atoms with Gasteiger partial charge in [0.1, 0.15) is 23.9 Å². The number of nitro benzene ring substituents is 1. The summed E-state index contributed by atoms with van der Waals surface area (Å²) in [5.74, 6) is -0.721. The van der Waals surface area contributed by atoms with Gasteiger partial charge in [-0.2, -0.15) is 0 Å². The molecule has 1 heterocycles. The fourth-order valence-corrected chi connectivity index (χ4v) is 6.35. The second-order valence-corrected chi connectivity index (χ2v) is 11.7. The molecule has 10 heteroatoms. The summed E-state index contributed by atoms with van der Waals surface area (Å²) in [4.78, 5) is 54.5. The zero-order valence-electron chi connectivity index (χ0n) is 24.6. The third-order valence-electron chi connectivity index (χ3n) is 8.67. The molecule has 1 aliphatic carbocycles. The van der Waals surface area contributed by atoms with Crippen molar-refractivity contribution in [2.24, 2.45) is 5.92 Å². The molecule has 1 saturated carbocycles. The lowest BCUT2D eigenvalue weighted by molar-refractivity contribution is -0.384. The van der Waals surface area contributed by atoms with Crippen LogP contribution in [-0.2, 0) is 27.2 Å². The summed E-state index contributed by atoms with van der Waals surface area (Å²) in [7, 11) is 0. The Hall–Kier alpha value is -4.73. The first-order valence-corrected chi connectivity index (χ1v) is 15.3. The Morgan fingerprint density at radius 2 is 1.64 bits per heavy atom. The SMILES string of the molecule is O=C(NCCc1ccc(O)cc1)C(c1ccc([N+](=O)[O-])cc1)N1C(=O)[C@H](Cc2ccccc2)NC(=O)[C@@H]1CC1CCCCC1. The zero-order valence-corrected chi connectivity index (χ0v) is 24.6. The number of nitrogens with zero attached hydrogens (tertiary/aromatic N) is 2. The Balaban J connectivity index is 1.48. The van der Waals surface area contributed by atoms with Crippen LogP contribution in [-0.4, -0.2) is 51.3 Å². The molecule has 3 atom stereocenters. The summed E-state index contributed by atoms with van der Waals surface area (Å²) < 4.78 is 0. The van der Waals surface area contributed by atoms with Crippen molar-refractivity contribution in [2.45, 2.75) is 69.5 Å². The van der Waals surface area contributed by atoms with E-state index in [1.807, 2.05) is 30.3 Å². The quantitative estimate of drug-likeness (QED) is 0.217. The molecule has 10 nitrogen and oxygen atoms in total. The molecular formula is C34H38N4O6. The summed E-state index contributed by atoms with van der Waals surface area (Å²) in [6.45, 7) is 0.252. The maximum Gasteiger partial charge on any atom is 0.269 e. The summed E-state index contributed by atoms with van der Waals surface area (Å²) in [6.07, 6.45) is 6.38. The third kappa shape index (κ3) is 7.42. The topological polar surface area (TPSA) is 142 Å². The minimum Gasteiger partial charge on any atom is -0.508 e. The van der Waals surface area contributed by atoms with E-state index >= 15 is 0 Å². The van der Waals surface area contributed by atoms with E-state index in [4.69, 9.17) is 0 Å². The van der Waals surface area contributed by atoms with Crippen LogP contribution in [0.1, 0.15) is 61.3 Å². The number of rotatable bonds is 11. The molecule has 1 aliphatic heterocycles. The van der Waals surface area contributed by atoms with Gasteiger partial charge < -0.3 is 20.6 Å². The number of piperazine rings is 1. The summed E-state index contributed by atoms with van der Waals surface area (Å²) in [5.41, 5.74) is 2.04. The van der Waals surface area contributed by atoms with Gasteiger partial charge in [0, 0.05) is 25.1 Å². The van der Waals surface area contributed by atoms with Crippen LogP contribution in [0.25, 0.3) is 0 Å². The summed E-state index contributed by atoms with van der Waals surface area (Å²) in [5, 5.41) is 26.9. The highest BCUT2D eigenvalue weighted by Gasteiger charge is 2.47. The molecule has 3 aromatic carbocycles. The monoisotopic (exact) mass is 598 g/mol. The average Bonchev–Trinajstić information content (AvgIpc) is 3.03. The van der Waals surface area contributed by atoms with Crippen LogP contribution in [0, 0.1) is 16.0 Å². The lowest BCUT2D eigenvalue weighted by atomic mass is 9.82. The summed E-state index contributed by atoms with van der Waals surface area (Å²) >= 11 is 0. The number of benzene rings is 3. The number of hydrogen-bond donors (Lipinski definition) is 3. The van der Waals surface area contributed by atoms with Crippen molar-refractivity contribution in [2.75, 3.05) is 6.54 Å². The van der Waals surface area contributed by atoms with Crippen LogP contribution < -0.4 is 10.6 Å². The Bertz CT molecular complexity index is 1460. The van der Waals surface area contributed by atoms with E-state index in [2.05, 4.69) is 10.6 Å². The number of aromatic hydroxyl groups is 1. The number of non-ortho nitro benzene ring substituents is 1. The third-order valence-corrected chi connectivity index (χ3v) is 8.67. The molecule has 0 spiro atoms. The van der Waals surface area contributed by atoms with Crippen LogP contribution in [0.15, 0.2) is 78.9 Å². The molecule has 5 rings (SSSR count). The minimum atomic E-state index is -1.17. The molecule has 2 aliphatic rings. The summed E-state index contributed by atoms with van der Waals surface area (Å²) in [6, 6.07) is 18.8. The number of hydrogen-bond acceptors (Lipinski definition) is 6. The lowest BCUT2D eigenvalue weighted by Gasteiger charge is -2.44. The van der Waals surface area contributed by atoms with E-state index in [1.165, 1.54) is 29.2 Å². The molecule has 1 saturated heterocycles. The maximum absolute atomic E-state index is 14.3. The number of carbonyl (C=O) groups is 3. The molecule has 0 radical (unpaired) electrons. The second kappa shape index (κ2) is 14.2. The van der Waals surface area contributed by atoms with Gasteiger partial charge in [-0.05, 0) is 59.7 Å². The number of nitro groups is 1. The minimum absolute atomic E-state index is 0.135. The van der Waals surface area contributed by atoms with E-state index < -0.39 is 29.0 Å². The van der Waals surface area contributed by atoms with Crippen LogP contribution in [0.4, 0.5) is 5.69 Å². The second-order valence-electron chi connectivity index (χ2n) is 11.7. The molecule has 2 fully saturated rings. The standard InChI is InChI=1S/C34H38N4O6/c39-28-17-11-23(12-18-28)19-20-35-33(41)31(26-13-15-27(16-14-26)38(43)44)37-30(22-25-9-5-2-6-10-25)32(40)36-29(34(37)42)21-24-7-3-1-4-8-24/h1,3-4,7-8,11-18,25,29-31,39H,2,5-6,9-10,19-22H2,(H,35,41)(H,36,40)/t29-,30-,31?/m0/s1. The Labute approximate surface area is 256 Å². The first kappa shape index (κ1) is 30.7. The molecule has 3 aromatic rings. The van der Waals surface area contributed by atoms with Gasteiger partial charge in [-0.15, -0.1) is 0 Å². The Morgan fingerprint density at radius 3 is 2.30 bits per heavy atom. The molecule has 44 heavy (non-hydrogen) atoms. The Kier molecular flexibility index (Phi) is 9.89. The van der Waals surface area contributed by atoms with Gasteiger partial charge >= 0.3 is 0 Å². The van der Waals surface area contributed by atoms with Crippen molar-refractivity contribution in [3.63, 3.8) is 0 Å². The highest BCUT2D eigenvalue weighted by atomic mass is 16.6. The van der Waals surface area contributed by atoms with Crippen LogP contribution >= 0.6 is 0 Å². The molecular weight excluding hydrogens is 560 g/mol. The van der Waals surface area contributed by atoms with Crippen molar-refractivity contribution in [3.05, 3.63) is 106 Å².